The molecule has 1 rings (SSSR count). The first-order chi connectivity index (χ1) is 5.74. The molecule has 12 heavy (non-hydrogen) atoms. The molecule has 2 heteroatoms. The van der Waals surface area contributed by atoms with Crippen LogP contribution >= 0.6 is 0 Å². The Morgan fingerprint density at radius 1 is 1.58 bits per heavy atom. The molecule has 1 atom stereocenters. The lowest BCUT2D eigenvalue weighted by atomic mass is 10.0. The zero-order valence-corrected chi connectivity index (χ0v) is 7.20. The lowest BCUT2D eigenvalue weighted by Crippen LogP contribution is -2.07. The Bertz CT molecular complexity index is 233. The van der Waals surface area contributed by atoms with E-state index in [1.54, 1.807) is 18.2 Å². The molecule has 0 saturated heterocycles. The zero-order chi connectivity index (χ0) is 8.97. The highest BCUT2D eigenvalue weighted by atomic mass is 16.3. The zero-order valence-electron chi connectivity index (χ0n) is 7.20. The summed E-state index contributed by atoms with van der Waals surface area (Å²) in [5.74, 6) is 0.268. The number of hydrogen-bond acceptors (Lipinski definition) is 2. The van der Waals surface area contributed by atoms with Gasteiger partial charge in [-0.2, -0.15) is 0 Å². The second-order valence-corrected chi connectivity index (χ2v) is 2.86. The van der Waals surface area contributed by atoms with Crippen LogP contribution in [0.25, 0.3) is 0 Å². The van der Waals surface area contributed by atoms with Crippen LogP contribution in [0.3, 0.4) is 0 Å². The molecule has 0 aromatic heterocycles. The van der Waals surface area contributed by atoms with Gasteiger partial charge in [0.2, 0.25) is 0 Å². The van der Waals surface area contributed by atoms with Crippen molar-refractivity contribution in [2.75, 3.05) is 0 Å². The Labute approximate surface area is 72.5 Å². The summed E-state index contributed by atoms with van der Waals surface area (Å²) in [5, 5.41) is 18.6. The lowest BCUT2D eigenvalue weighted by Gasteiger charge is -2.09. The molecule has 0 amide bonds. The van der Waals surface area contributed by atoms with Crippen LogP contribution in [0.5, 0.6) is 0 Å². The summed E-state index contributed by atoms with van der Waals surface area (Å²) < 4.78 is 0. The minimum absolute atomic E-state index is 0.268. The molecule has 0 saturated carbocycles. The van der Waals surface area contributed by atoms with Crippen LogP contribution in [-0.4, -0.2) is 16.3 Å². The Morgan fingerprint density at radius 3 is 3.00 bits per heavy atom. The van der Waals surface area contributed by atoms with E-state index in [0.29, 0.717) is 12.8 Å². The average molecular weight is 166 g/mol. The second-order valence-electron chi connectivity index (χ2n) is 2.86. The predicted octanol–water partition coefficient (Wildman–Crippen LogP) is 2.09. The highest BCUT2D eigenvalue weighted by Gasteiger charge is 2.07. The maximum absolute atomic E-state index is 9.48. The van der Waals surface area contributed by atoms with Gasteiger partial charge in [-0.1, -0.05) is 19.1 Å². The Balaban J connectivity index is 2.69. The first-order valence-electron chi connectivity index (χ1n) is 4.18. The van der Waals surface area contributed by atoms with Gasteiger partial charge < -0.3 is 10.2 Å². The van der Waals surface area contributed by atoms with Gasteiger partial charge in [-0.05, 0) is 30.6 Å². The first-order valence-corrected chi connectivity index (χ1v) is 4.18. The number of allylic oxidation sites excluding steroid dienone is 4. The fourth-order valence-corrected chi connectivity index (χ4v) is 1.14. The third-order valence-corrected chi connectivity index (χ3v) is 1.94. The van der Waals surface area contributed by atoms with Crippen LogP contribution < -0.4 is 0 Å². The van der Waals surface area contributed by atoms with E-state index in [4.69, 9.17) is 5.11 Å². The van der Waals surface area contributed by atoms with Crippen LogP contribution in [-0.2, 0) is 0 Å². The molecular weight excluding hydrogens is 152 g/mol. The van der Waals surface area contributed by atoms with Crippen LogP contribution in [0.1, 0.15) is 19.8 Å². The highest BCUT2D eigenvalue weighted by Crippen LogP contribution is 2.15. The van der Waals surface area contributed by atoms with E-state index >= 15 is 0 Å². The van der Waals surface area contributed by atoms with Gasteiger partial charge in [-0.3, -0.25) is 0 Å². The average Bonchev–Trinajstić information content (AvgIpc) is 2.29. The van der Waals surface area contributed by atoms with Gasteiger partial charge in [0.15, 0.2) is 0 Å². The van der Waals surface area contributed by atoms with Crippen molar-refractivity contribution in [1.82, 2.24) is 0 Å². The topological polar surface area (TPSA) is 40.5 Å². The Hall–Kier alpha value is -1.02. The van der Waals surface area contributed by atoms with E-state index in [-0.39, 0.29) is 11.9 Å². The molecular formula is C10H14O2. The second kappa shape index (κ2) is 4.12. The quantitative estimate of drug-likeness (QED) is 0.659. The Morgan fingerprint density at radius 2 is 2.33 bits per heavy atom. The molecule has 0 aromatic carbocycles. The summed E-state index contributed by atoms with van der Waals surface area (Å²) in [6.45, 7) is 1.93. The Kier molecular flexibility index (Phi) is 3.11. The summed E-state index contributed by atoms with van der Waals surface area (Å²) in [5.41, 5.74) is 0.956. The van der Waals surface area contributed by atoms with Crippen molar-refractivity contribution in [2.45, 2.75) is 25.9 Å². The summed E-state index contributed by atoms with van der Waals surface area (Å²) >= 11 is 0. The highest BCUT2D eigenvalue weighted by molar-refractivity contribution is 5.28. The van der Waals surface area contributed by atoms with Gasteiger partial charge in [-0.15, -0.1) is 0 Å². The van der Waals surface area contributed by atoms with E-state index in [2.05, 4.69) is 0 Å². The van der Waals surface area contributed by atoms with Gasteiger partial charge in [-0.25, -0.2) is 0 Å². The van der Waals surface area contributed by atoms with Crippen LogP contribution in [0.4, 0.5) is 0 Å². The fraction of sp³-hybridized carbons (Fsp3) is 0.400. The molecule has 1 unspecified atom stereocenters. The largest absolute Gasteiger partial charge is 0.508 e. The lowest BCUT2D eigenvalue weighted by molar-refractivity contribution is 0.204. The first kappa shape index (κ1) is 9.07. The van der Waals surface area contributed by atoms with Crippen molar-refractivity contribution in [1.29, 1.82) is 0 Å². The molecule has 0 bridgehead atoms. The van der Waals surface area contributed by atoms with Gasteiger partial charge in [0, 0.05) is 0 Å². The third-order valence-electron chi connectivity index (χ3n) is 1.94. The minimum atomic E-state index is -0.378. The normalized spacial score (nSPS) is 19.5. The summed E-state index contributed by atoms with van der Waals surface area (Å²) in [6.07, 6.45) is 7.91. The predicted molar refractivity (Wildman–Crippen MR) is 48.8 cm³/mol. The third kappa shape index (κ3) is 2.24. The fourth-order valence-electron chi connectivity index (χ4n) is 1.14. The van der Waals surface area contributed by atoms with E-state index in [1.165, 1.54) is 0 Å². The number of aliphatic hydroxyl groups is 2. The molecule has 1 aliphatic carbocycles. The SMILES string of the molecule is CCC(O)C1=CC=CC(O)=CC1. The maximum atomic E-state index is 9.48. The van der Waals surface area contributed by atoms with Crippen molar-refractivity contribution < 1.29 is 10.2 Å². The van der Waals surface area contributed by atoms with Gasteiger partial charge in [0.25, 0.3) is 0 Å². The van der Waals surface area contributed by atoms with Crippen LogP contribution in [0.2, 0.25) is 0 Å². The molecule has 0 spiro atoms. The molecule has 0 fully saturated rings. The number of hydrogen-bond donors (Lipinski definition) is 2. The molecule has 0 aromatic rings. The molecule has 2 N–H and O–H groups in total. The van der Waals surface area contributed by atoms with Gasteiger partial charge in [0.05, 0.1) is 6.10 Å². The number of rotatable bonds is 2. The van der Waals surface area contributed by atoms with Crippen LogP contribution in [0.15, 0.2) is 35.6 Å². The summed E-state index contributed by atoms with van der Waals surface area (Å²) in [7, 11) is 0. The van der Waals surface area contributed by atoms with Crippen molar-refractivity contribution in [3.05, 3.63) is 35.6 Å². The molecule has 2 nitrogen and oxygen atoms in total. The molecule has 0 heterocycles. The molecule has 0 aliphatic heterocycles. The molecule has 66 valence electrons. The van der Waals surface area contributed by atoms with E-state index in [9.17, 15) is 5.11 Å². The summed E-state index contributed by atoms with van der Waals surface area (Å²) in [4.78, 5) is 0. The monoisotopic (exact) mass is 166 g/mol. The van der Waals surface area contributed by atoms with E-state index < -0.39 is 0 Å². The summed E-state index contributed by atoms with van der Waals surface area (Å²) in [6, 6.07) is 0. The van der Waals surface area contributed by atoms with Crippen LogP contribution in [0, 0.1) is 0 Å². The minimum Gasteiger partial charge on any atom is -0.508 e. The molecule has 0 radical (unpaired) electrons. The smallest absolute Gasteiger partial charge is 0.111 e. The van der Waals surface area contributed by atoms with Crippen molar-refractivity contribution in [2.24, 2.45) is 0 Å². The van der Waals surface area contributed by atoms with Crippen molar-refractivity contribution in [3.8, 4) is 0 Å². The standard InChI is InChI=1S/C10H14O2/c1-2-10(12)8-4-3-5-9(11)7-6-8/h3-5,7,10-12H,2,6H2,1H3. The van der Waals surface area contributed by atoms with Crippen molar-refractivity contribution >= 4 is 0 Å². The number of aliphatic hydroxyl groups excluding tert-OH is 2. The van der Waals surface area contributed by atoms with Gasteiger partial charge in [0.1, 0.15) is 5.76 Å². The van der Waals surface area contributed by atoms with Crippen molar-refractivity contribution in [3.63, 3.8) is 0 Å². The maximum Gasteiger partial charge on any atom is 0.111 e. The van der Waals surface area contributed by atoms with Gasteiger partial charge >= 0.3 is 0 Å². The van der Waals surface area contributed by atoms with E-state index in [0.717, 1.165) is 5.57 Å². The van der Waals surface area contributed by atoms with E-state index in [1.807, 2.05) is 13.0 Å². The molecule has 1 aliphatic rings.